The Balaban J connectivity index is 1.40. The van der Waals surface area contributed by atoms with Gasteiger partial charge in [-0.05, 0) is 71.3 Å². The molecule has 0 unspecified atom stereocenters. The summed E-state index contributed by atoms with van der Waals surface area (Å²) in [4.78, 5) is 38.4. The molecule has 230 valence electrons. The number of aryl methyl sites for hydroxylation is 1. The predicted molar refractivity (Wildman–Crippen MR) is 174 cm³/mol. The fraction of sp³-hybridized carbons (Fsp3) is 0.303. The molecule has 11 heteroatoms. The van der Waals surface area contributed by atoms with E-state index in [1.165, 1.54) is 20.1 Å². The highest BCUT2D eigenvalue weighted by Crippen LogP contribution is 2.50. The first kappa shape index (κ1) is 30.9. The lowest BCUT2D eigenvalue weighted by molar-refractivity contribution is -0.120. The van der Waals surface area contributed by atoms with Crippen LogP contribution in [0.3, 0.4) is 0 Å². The molecule has 10 nitrogen and oxygen atoms in total. The Kier molecular flexibility index (Phi) is 9.43. The van der Waals surface area contributed by atoms with Crippen LogP contribution in [0.4, 0.5) is 5.69 Å². The minimum absolute atomic E-state index is 0.0814. The van der Waals surface area contributed by atoms with Gasteiger partial charge in [0.1, 0.15) is 0 Å². The molecule has 1 aliphatic carbocycles. The van der Waals surface area contributed by atoms with Crippen molar-refractivity contribution in [2.75, 3.05) is 39.7 Å². The first-order chi connectivity index (χ1) is 21.2. The Morgan fingerprint density at radius 1 is 1.00 bits per heavy atom. The number of carbonyl (C=O) groups excluding carboxylic acids is 2. The zero-order valence-electron chi connectivity index (χ0n) is 25.1. The second-order valence-electron chi connectivity index (χ2n) is 10.5. The largest absolute Gasteiger partial charge is 0.493 e. The quantitative estimate of drug-likeness (QED) is 0.223. The van der Waals surface area contributed by atoms with Crippen LogP contribution in [-0.4, -0.2) is 50.8 Å². The van der Waals surface area contributed by atoms with Crippen LogP contribution in [0.1, 0.15) is 30.5 Å². The lowest BCUT2D eigenvalue weighted by Crippen LogP contribution is -2.33. The number of fused-ring (bicyclic) bond motifs is 4. The van der Waals surface area contributed by atoms with Crippen LogP contribution in [0.15, 0.2) is 64.0 Å². The topological polar surface area (TPSA) is 120 Å². The van der Waals surface area contributed by atoms with Crippen molar-refractivity contribution < 1.29 is 23.8 Å². The van der Waals surface area contributed by atoms with Crippen LogP contribution in [0, 0.1) is 0 Å². The number of rotatable bonds is 10. The van der Waals surface area contributed by atoms with E-state index < -0.39 is 6.04 Å². The summed E-state index contributed by atoms with van der Waals surface area (Å²) in [5.74, 6) is 0.987. The van der Waals surface area contributed by atoms with Gasteiger partial charge in [-0.25, -0.2) is 0 Å². The van der Waals surface area contributed by atoms with Crippen molar-refractivity contribution in [3.05, 3.63) is 80.6 Å². The average molecular weight is 664 g/mol. The molecule has 0 spiro atoms. The van der Waals surface area contributed by atoms with Gasteiger partial charge >= 0.3 is 0 Å². The van der Waals surface area contributed by atoms with Gasteiger partial charge in [0.2, 0.25) is 23.0 Å². The summed E-state index contributed by atoms with van der Waals surface area (Å²) in [6, 6.07) is 14.6. The summed E-state index contributed by atoms with van der Waals surface area (Å²) >= 11 is 3.51. The third kappa shape index (κ3) is 6.37. The van der Waals surface area contributed by atoms with Gasteiger partial charge in [-0.1, -0.05) is 28.1 Å². The normalized spacial score (nSPS) is 13.7. The van der Waals surface area contributed by atoms with Crippen LogP contribution in [0.25, 0.3) is 22.0 Å². The molecule has 0 radical (unpaired) electrons. The molecule has 44 heavy (non-hydrogen) atoms. The van der Waals surface area contributed by atoms with E-state index in [4.69, 9.17) is 14.2 Å². The first-order valence-electron chi connectivity index (χ1n) is 14.3. The number of carbonyl (C=O) groups is 2. The maximum atomic E-state index is 13.5. The molecule has 4 aromatic rings. The summed E-state index contributed by atoms with van der Waals surface area (Å²) in [6.45, 7) is 2.40. The molecule has 1 atom stereocenters. The fourth-order valence-corrected chi connectivity index (χ4v) is 6.11. The monoisotopic (exact) mass is 662 g/mol. The van der Waals surface area contributed by atoms with Gasteiger partial charge in [0, 0.05) is 41.8 Å². The zero-order chi connectivity index (χ0) is 31.4. The van der Waals surface area contributed by atoms with E-state index in [1.54, 1.807) is 20.3 Å². The molecular formula is C33H35BrN4O6. The van der Waals surface area contributed by atoms with Crippen LogP contribution < -0.4 is 35.6 Å². The average Bonchev–Trinajstić information content (AvgIpc) is 3.25. The molecule has 0 aliphatic heterocycles. The van der Waals surface area contributed by atoms with E-state index in [-0.39, 0.29) is 29.5 Å². The summed E-state index contributed by atoms with van der Waals surface area (Å²) in [7, 11) is 4.66. The highest BCUT2D eigenvalue weighted by molar-refractivity contribution is 9.10. The molecule has 1 heterocycles. The molecule has 0 saturated heterocycles. The summed E-state index contributed by atoms with van der Waals surface area (Å²) in [5.41, 5.74) is 4.09. The van der Waals surface area contributed by atoms with Gasteiger partial charge in [0.15, 0.2) is 11.5 Å². The van der Waals surface area contributed by atoms with Gasteiger partial charge in [-0.2, -0.15) is 0 Å². The molecule has 2 amide bonds. The van der Waals surface area contributed by atoms with Gasteiger partial charge in [-0.15, -0.1) is 0 Å². The molecule has 3 aromatic carbocycles. The van der Waals surface area contributed by atoms with Crippen LogP contribution >= 0.6 is 15.9 Å². The van der Waals surface area contributed by atoms with Crippen molar-refractivity contribution in [1.29, 1.82) is 0 Å². The van der Waals surface area contributed by atoms with E-state index in [2.05, 4.69) is 36.4 Å². The summed E-state index contributed by atoms with van der Waals surface area (Å²) < 4.78 is 20.1. The highest BCUT2D eigenvalue weighted by Gasteiger charge is 2.29. The first-order valence-corrected chi connectivity index (χ1v) is 15.1. The van der Waals surface area contributed by atoms with Crippen molar-refractivity contribution in [2.45, 2.75) is 32.4 Å². The SMILES string of the molecule is COc1cc2c(c(OC)c1OC)-c1ccc(NCC(=O)NCCn3ccc4ccc(Br)cc43)c(=O)cc1[C@H](NC(C)=O)CC2. The Morgan fingerprint density at radius 2 is 1.80 bits per heavy atom. The molecule has 0 fully saturated rings. The smallest absolute Gasteiger partial charge is 0.239 e. The maximum Gasteiger partial charge on any atom is 0.239 e. The number of hydrogen-bond donors (Lipinski definition) is 3. The number of aromatic nitrogens is 1. The van der Waals surface area contributed by atoms with Crippen molar-refractivity contribution in [1.82, 2.24) is 15.2 Å². The van der Waals surface area contributed by atoms with E-state index in [0.717, 1.165) is 26.5 Å². The molecule has 3 N–H and O–H groups in total. The van der Waals surface area contributed by atoms with Crippen LogP contribution in [-0.2, 0) is 22.6 Å². The van der Waals surface area contributed by atoms with E-state index in [0.29, 0.717) is 54.3 Å². The van der Waals surface area contributed by atoms with E-state index in [9.17, 15) is 14.4 Å². The molecule has 0 saturated carbocycles. The number of anilines is 1. The summed E-state index contributed by atoms with van der Waals surface area (Å²) in [5, 5.41) is 10.0. The van der Waals surface area contributed by atoms with Gasteiger partial charge in [0.25, 0.3) is 0 Å². The number of amides is 2. The fourth-order valence-electron chi connectivity index (χ4n) is 5.76. The Morgan fingerprint density at radius 3 is 2.52 bits per heavy atom. The second-order valence-corrected chi connectivity index (χ2v) is 11.4. The van der Waals surface area contributed by atoms with Crippen molar-refractivity contribution in [3.63, 3.8) is 0 Å². The zero-order valence-corrected chi connectivity index (χ0v) is 26.7. The lowest BCUT2D eigenvalue weighted by Gasteiger charge is -2.19. The van der Waals surface area contributed by atoms with E-state index in [1.807, 2.05) is 42.6 Å². The highest BCUT2D eigenvalue weighted by atomic mass is 79.9. The Bertz CT molecular complexity index is 1790. The second kappa shape index (κ2) is 13.4. The molecule has 0 bridgehead atoms. The van der Waals surface area contributed by atoms with E-state index >= 15 is 0 Å². The Labute approximate surface area is 263 Å². The molecule has 1 aliphatic rings. The molecular weight excluding hydrogens is 628 g/mol. The van der Waals surface area contributed by atoms with Crippen molar-refractivity contribution in [2.24, 2.45) is 0 Å². The molecule has 1 aromatic heterocycles. The number of nitrogens with zero attached hydrogens (tertiary/aromatic N) is 1. The predicted octanol–water partition coefficient (Wildman–Crippen LogP) is 4.81. The lowest BCUT2D eigenvalue weighted by atomic mass is 9.95. The number of ether oxygens (including phenoxy) is 3. The maximum absolute atomic E-state index is 13.5. The number of benzene rings is 2. The number of hydrogen-bond acceptors (Lipinski definition) is 7. The van der Waals surface area contributed by atoms with Gasteiger partial charge in [-0.3, -0.25) is 14.4 Å². The standard InChI is InChI=1S/C33H35BrN4O6/c1-19(39)37-25-9-6-21-15-29(42-2)32(43-3)33(44-4)31(21)23-8-10-26(28(40)17-24(23)25)36-18-30(41)35-12-14-38-13-11-20-5-7-22(34)16-27(20)38/h5,7-8,10-11,13,15-17,25H,6,9,12,14,18H2,1-4H3,(H,35,41)(H,36,40)(H,37,39)/t25-/m1/s1. The van der Waals surface area contributed by atoms with Gasteiger partial charge in [0.05, 0.1) is 39.6 Å². The van der Waals surface area contributed by atoms with Crippen LogP contribution in [0.5, 0.6) is 17.2 Å². The minimum Gasteiger partial charge on any atom is -0.493 e. The molecule has 5 rings (SSSR count). The third-order valence-electron chi connectivity index (χ3n) is 7.77. The van der Waals surface area contributed by atoms with Crippen molar-refractivity contribution in [3.8, 4) is 28.4 Å². The number of methoxy groups -OCH3 is 3. The third-order valence-corrected chi connectivity index (χ3v) is 8.26. The van der Waals surface area contributed by atoms with Crippen molar-refractivity contribution >= 4 is 44.3 Å². The number of nitrogens with one attached hydrogen (secondary N) is 3. The number of halogens is 1. The Hall–Kier alpha value is -4.51. The minimum atomic E-state index is -0.418. The van der Waals surface area contributed by atoms with Crippen LogP contribution in [0.2, 0.25) is 0 Å². The summed E-state index contributed by atoms with van der Waals surface area (Å²) in [6.07, 6.45) is 3.15. The van der Waals surface area contributed by atoms with Gasteiger partial charge < -0.3 is 34.7 Å².